The first-order valence-electron chi connectivity index (χ1n) is 18.0. The molecule has 11 rings (SSSR count). The van der Waals surface area contributed by atoms with Gasteiger partial charge < -0.3 is 9.32 Å². The van der Waals surface area contributed by atoms with Gasteiger partial charge in [0.1, 0.15) is 5.58 Å². The van der Waals surface area contributed by atoms with E-state index in [-0.39, 0.29) is 0 Å². The van der Waals surface area contributed by atoms with Crippen LogP contribution in [0.3, 0.4) is 0 Å². The van der Waals surface area contributed by atoms with Gasteiger partial charge in [0, 0.05) is 47.6 Å². The van der Waals surface area contributed by atoms with E-state index in [1.54, 1.807) is 0 Å². The summed E-state index contributed by atoms with van der Waals surface area (Å²) in [4.78, 5) is 2.41. The quantitative estimate of drug-likeness (QED) is 0.178. The highest BCUT2D eigenvalue weighted by Crippen LogP contribution is 2.48. The molecule has 0 saturated heterocycles. The van der Waals surface area contributed by atoms with Gasteiger partial charge in [0.05, 0.1) is 11.4 Å². The summed E-state index contributed by atoms with van der Waals surface area (Å²) in [5, 5.41) is 9.61. The van der Waals surface area contributed by atoms with Gasteiger partial charge in [-0.25, -0.2) is 0 Å². The summed E-state index contributed by atoms with van der Waals surface area (Å²) in [7, 11) is 0. The highest BCUT2D eigenvalue weighted by molar-refractivity contribution is 7.25. The second-order valence-corrected chi connectivity index (χ2v) is 14.7. The predicted octanol–water partition coefficient (Wildman–Crippen LogP) is 15.1. The van der Waals surface area contributed by atoms with Gasteiger partial charge in [0.2, 0.25) is 0 Å². The van der Waals surface area contributed by atoms with Crippen LogP contribution in [0, 0.1) is 0 Å². The Hall–Kier alpha value is -6.68. The van der Waals surface area contributed by atoms with Crippen molar-refractivity contribution in [2.45, 2.75) is 0 Å². The topological polar surface area (TPSA) is 16.4 Å². The maximum atomic E-state index is 7.05. The normalized spacial score (nSPS) is 11.8. The Bertz CT molecular complexity index is 3180. The van der Waals surface area contributed by atoms with Gasteiger partial charge in [-0.15, -0.1) is 11.3 Å². The summed E-state index contributed by atoms with van der Waals surface area (Å²) in [6, 6.07) is 67.9. The summed E-state index contributed by atoms with van der Waals surface area (Å²) in [5.41, 5.74) is 9.62. The number of rotatable bonds is 5. The zero-order valence-electron chi connectivity index (χ0n) is 28.7. The third kappa shape index (κ3) is 4.71. The van der Waals surface area contributed by atoms with Crippen LogP contribution in [0.1, 0.15) is 0 Å². The molecule has 0 atom stereocenters. The Kier molecular flexibility index (Phi) is 6.76. The molecule has 0 aliphatic carbocycles. The van der Waals surface area contributed by atoms with Crippen LogP contribution >= 0.6 is 11.3 Å². The van der Waals surface area contributed by atoms with Gasteiger partial charge in [0.15, 0.2) is 5.58 Å². The summed E-state index contributed by atoms with van der Waals surface area (Å²) in [6.45, 7) is 0. The van der Waals surface area contributed by atoms with E-state index < -0.39 is 0 Å². The minimum absolute atomic E-state index is 0.864. The van der Waals surface area contributed by atoms with E-state index in [4.69, 9.17) is 4.42 Å². The molecule has 0 aliphatic heterocycles. The molecule has 2 nitrogen and oxygen atoms in total. The molecular formula is C50H31NOS. The molecule has 0 N–H and O–H groups in total. The maximum absolute atomic E-state index is 7.05. The molecule has 0 fully saturated rings. The molecule has 0 radical (unpaired) electrons. The van der Waals surface area contributed by atoms with Crippen LogP contribution in [-0.4, -0.2) is 0 Å². The summed E-state index contributed by atoms with van der Waals surface area (Å²) < 4.78 is 9.62. The summed E-state index contributed by atoms with van der Waals surface area (Å²) in [5.74, 6) is 0. The van der Waals surface area contributed by atoms with Crippen molar-refractivity contribution in [1.82, 2.24) is 0 Å². The number of furan rings is 1. The SMILES string of the molecule is c1ccc(-c2cccc3c2oc2c(N(c4ccc5sc6ccccc6c5c4)c4ccc(-c5cccc6ccccc56)c5ccccc45)cccc23)cc1. The van der Waals surface area contributed by atoms with E-state index in [1.807, 2.05) is 11.3 Å². The summed E-state index contributed by atoms with van der Waals surface area (Å²) in [6.07, 6.45) is 0. The van der Waals surface area contributed by atoms with Gasteiger partial charge in [-0.3, -0.25) is 0 Å². The lowest BCUT2D eigenvalue weighted by atomic mass is 9.93. The Labute approximate surface area is 310 Å². The fourth-order valence-electron chi connectivity index (χ4n) is 8.26. The lowest BCUT2D eigenvalue weighted by Crippen LogP contribution is -2.11. The van der Waals surface area contributed by atoms with Crippen molar-refractivity contribution in [3.05, 3.63) is 188 Å². The Morgan fingerprint density at radius 1 is 0.358 bits per heavy atom. The number of fused-ring (bicyclic) bond motifs is 8. The van der Waals surface area contributed by atoms with Gasteiger partial charge >= 0.3 is 0 Å². The molecule has 248 valence electrons. The summed E-state index contributed by atoms with van der Waals surface area (Å²) >= 11 is 1.84. The van der Waals surface area contributed by atoms with Crippen molar-refractivity contribution in [3.8, 4) is 22.3 Å². The van der Waals surface area contributed by atoms with E-state index in [2.05, 4.69) is 193 Å². The van der Waals surface area contributed by atoms with Crippen molar-refractivity contribution in [2.24, 2.45) is 0 Å². The highest BCUT2D eigenvalue weighted by Gasteiger charge is 2.23. The first-order chi connectivity index (χ1) is 26.3. The number of para-hydroxylation sites is 2. The molecule has 0 saturated carbocycles. The maximum Gasteiger partial charge on any atom is 0.159 e. The van der Waals surface area contributed by atoms with E-state index in [0.29, 0.717) is 0 Å². The zero-order valence-corrected chi connectivity index (χ0v) is 29.5. The number of thiophene rings is 1. The number of nitrogens with zero attached hydrogens (tertiary/aromatic N) is 1. The molecule has 0 unspecified atom stereocenters. The predicted molar refractivity (Wildman–Crippen MR) is 227 cm³/mol. The Morgan fingerprint density at radius 2 is 0.981 bits per heavy atom. The fourth-order valence-corrected chi connectivity index (χ4v) is 9.35. The van der Waals surface area contributed by atoms with Gasteiger partial charge in [-0.1, -0.05) is 152 Å². The number of hydrogen-bond acceptors (Lipinski definition) is 3. The molecule has 2 aromatic heterocycles. The van der Waals surface area contributed by atoms with Gasteiger partial charge in [-0.05, 0) is 69.2 Å². The standard InChI is InChI=1S/C50H31NOS/c1-2-13-33(14-3-1)36-21-11-23-42-43-24-12-25-46(50(43)52-49(36)42)51(34-27-30-48-44(31-34)41-20-8-9-26-47(41)53-48)45-29-28-39(38-18-6-7-19-40(38)45)37-22-10-16-32-15-4-5-17-35(32)37/h1-31H. The highest BCUT2D eigenvalue weighted by atomic mass is 32.1. The molecule has 0 amide bonds. The molecule has 0 spiro atoms. The third-order valence-corrected chi connectivity index (χ3v) is 11.8. The zero-order chi connectivity index (χ0) is 34.9. The van der Waals surface area contributed by atoms with E-state index in [0.717, 1.165) is 50.1 Å². The monoisotopic (exact) mass is 693 g/mol. The largest absolute Gasteiger partial charge is 0.453 e. The van der Waals surface area contributed by atoms with Crippen molar-refractivity contribution in [3.63, 3.8) is 0 Å². The minimum Gasteiger partial charge on any atom is -0.453 e. The van der Waals surface area contributed by atoms with Crippen molar-refractivity contribution in [1.29, 1.82) is 0 Å². The van der Waals surface area contributed by atoms with Crippen molar-refractivity contribution in [2.75, 3.05) is 4.90 Å². The van der Waals surface area contributed by atoms with E-state index in [9.17, 15) is 0 Å². The second kappa shape index (κ2) is 11.9. The molecule has 11 aromatic rings. The minimum atomic E-state index is 0.864. The third-order valence-electron chi connectivity index (χ3n) is 10.7. The Balaban J connectivity index is 1.21. The van der Waals surface area contributed by atoms with Gasteiger partial charge in [-0.2, -0.15) is 0 Å². The lowest BCUT2D eigenvalue weighted by Gasteiger charge is -2.28. The van der Waals surface area contributed by atoms with Gasteiger partial charge in [0.25, 0.3) is 0 Å². The smallest absolute Gasteiger partial charge is 0.159 e. The lowest BCUT2D eigenvalue weighted by molar-refractivity contribution is 0.670. The van der Waals surface area contributed by atoms with Crippen LogP contribution in [0.25, 0.3) is 85.9 Å². The Morgan fingerprint density at radius 3 is 1.87 bits per heavy atom. The van der Waals surface area contributed by atoms with E-state index in [1.165, 1.54) is 52.8 Å². The number of hydrogen-bond donors (Lipinski definition) is 0. The van der Waals surface area contributed by atoms with Crippen LogP contribution < -0.4 is 4.90 Å². The van der Waals surface area contributed by atoms with Crippen LogP contribution in [0.15, 0.2) is 192 Å². The van der Waals surface area contributed by atoms with Crippen molar-refractivity contribution >= 4 is 92.1 Å². The molecule has 53 heavy (non-hydrogen) atoms. The molecule has 9 aromatic carbocycles. The second-order valence-electron chi connectivity index (χ2n) is 13.6. The average Bonchev–Trinajstić information content (AvgIpc) is 3.80. The van der Waals surface area contributed by atoms with Crippen LogP contribution in [0.5, 0.6) is 0 Å². The molecule has 2 heterocycles. The number of anilines is 3. The molecule has 0 bridgehead atoms. The number of benzene rings is 9. The van der Waals surface area contributed by atoms with Crippen LogP contribution in [-0.2, 0) is 0 Å². The fraction of sp³-hybridized carbons (Fsp3) is 0. The van der Waals surface area contributed by atoms with E-state index >= 15 is 0 Å². The molecule has 3 heteroatoms. The molecular weight excluding hydrogens is 663 g/mol. The van der Waals surface area contributed by atoms with Crippen LogP contribution in [0.2, 0.25) is 0 Å². The molecule has 0 aliphatic rings. The van der Waals surface area contributed by atoms with Crippen molar-refractivity contribution < 1.29 is 4.42 Å². The first-order valence-corrected chi connectivity index (χ1v) is 18.8. The van der Waals surface area contributed by atoms with Crippen LogP contribution in [0.4, 0.5) is 17.1 Å². The first kappa shape index (κ1) is 30.0. The average molecular weight is 694 g/mol.